The fourth-order valence-corrected chi connectivity index (χ4v) is 1.55. The summed E-state index contributed by atoms with van der Waals surface area (Å²) in [5, 5.41) is 13.5. The second-order valence-electron chi connectivity index (χ2n) is 4.04. The van der Waals surface area contributed by atoms with Crippen LogP contribution >= 0.6 is 0 Å². The minimum atomic E-state index is -0.366. The van der Waals surface area contributed by atoms with Gasteiger partial charge in [-0.3, -0.25) is 9.59 Å². The van der Waals surface area contributed by atoms with Crippen LogP contribution in [-0.4, -0.2) is 39.1 Å². The molecule has 0 aromatic heterocycles. The molecule has 0 aliphatic carbocycles. The zero-order chi connectivity index (χ0) is 15.7. The van der Waals surface area contributed by atoms with Gasteiger partial charge in [-0.1, -0.05) is 0 Å². The predicted octanol–water partition coefficient (Wildman–Crippen LogP) is 0.463. The van der Waals surface area contributed by atoms with Gasteiger partial charge >= 0.3 is 0 Å². The van der Waals surface area contributed by atoms with Crippen molar-refractivity contribution in [1.82, 2.24) is 10.6 Å². The number of hydrogen-bond acceptors (Lipinski definition) is 5. The number of nitrogens with one attached hydrogen (secondary N) is 2. The number of nitrogens with zero attached hydrogens (tertiary/aromatic N) is 1. The molecule has 0 bridgehead atoms. The van der Waals surface area contributed by atoms with E-state index in [1.54, 1.807) is 24.3 Å². The van der Waals surface area contributed by atoms with Gasteiger partial charge in [0.15, 0.2) is 0 Å². The number of carbonyl (C=O) groups is 2. The molecule has 0 aliphatic heterocycles. The monoisotopic (exact) mass is 291 g/mol. The van der Waals surface area contributed by atoms with Crippen LogP contribution in [0, 0.1) is 11.3 Å². The Bertz CT molecular complexity index is 529. The molecule has 0 spiro atoms. The molecular formula is C14H17N3O4. The van der Waals surface area contributed by atoms with Gasteiger partial charge in [0, 0.05) is 24.7 Å². The molecule has 1 aromatic rings. The van der Waals surface area contributed by atoms with Gasteiger partial charge < -0.3 is 20.1 Å². The molecule has 7 heteroatoms. The van der Waals surface area contributed by atoms with E-state index >= 15 is 0 Å². The summed E-state index contributed by atoms with van der Waals surface area (Å²) >= 11 is 0. The molecule has 0 unspecified atom stereocenters. The number of rotatable bonds is 7. The lowest BCUT2D eigenvalue weighted by atomic mass is 10.2. The van der Waals surface area contributed by atoms with E-state index in [1.807, 2.05) is 0 Å². The molecule has 2 N–H and O–H groups in total. The molecule has 112 valence electrons. The fourth-order valence-electron chi connectivity index (χ4n) is 1.55. The Morgan fingerprint density at radius 2 is 1.67 bits per heavy atom. The van der Waals surface area contributed by atoms with Gasteiger partial charge in [0.05, 0.1) is 20.3 Å². The van der Waals surface area contributed by atoms with Gasteiger partial charge in [-0.2, -0.15) is 5.26 Å². The molecular weight excluding hydrogens is 274 g/mol. The number of nitriles is 1. The van der Waals surface area contributed by atoms with Crippen molar-refractivity contribution >= 4 is 11.8 Å². The molecule has 2 amide bonds. The molecule has 0 radical (unpaired) electrons. The standard InChI is InChI=1S/C14H17N3O4/c1-20-11-7-10(8-12(9-11)21-2)14(19)17-6-5-16-13(18)3-4-15/h7-9H,3,5-6H2,1-2H3,(H,16,18)(H,17,19). The fraction of sp³-hybridized carbons (Fsp3) is 0.357. The van der Waals surface area contributed by atoms with Crippen LogP contribution in [0.3, 0.4) is 0 Å². The van der Waals surface area contributed by atoms with Crippen LogP contribution in [0.1, 0.15) is 16.8 Å². The Balaban J connectivity index is 2.52. The Hall–Kier alpha value is -2.75. The van der Waals surface area contributed by atoms with E-state index in [9.17, 15) is 9.59 Å². The van der Waals surface area contributed by atoms with Crippen LogP contribution in [0.4, 0.5) is 0 Å². The maximum Gasteiger partial charge on any atom is 0.251 e. The van der Waals surface area contributed by atoms with Crippen molar-refractivity contribution in [2.24, 2.45) is 0 Å². The summed E-state index contributed by atoms with van der Waals surface area (Å²) in [4.78, 5) is 23.0. The Morgan fingerprint density at radius 1 is 1.10 bits per heavy atom. The quantitative estimate of drug-likeness (QED) is 0.711. The third-order valence-corrected chi connectivity index (χ3v) is 2.59. The Kier molecular flexibility index (Phi) is 6.54. The van der Waals surface area contributed by atoms with E-state index in [0.29, 0.717) is 17.1 Å². The lowest BCUT2D eigenvalue weighted by Gasteiger charge is -2.09. The molecule has 7 nitrogen and oxygen atoms in total. The topological polar surface area (TPSA) is 100 Å². The smallest absolute Gasteiger partial charge is 0.251 e. The maximum atomic E-state index is 12.0. The van der Waals surface area contributed by atoms with Crippen LogP contribution in [0.25, 0.3) is 0 Å². The predicted molar refractivity (Wildman–Crippen MR) is 75.1 cm³/mol. The number of amides is 2. The average molecular weight is 291 g/mol. The van der Waals surface area contributed by atoms with Gasteiger partial charge in [-0.25, -0.2) is 0 Å². The van der Waals surface area contributed by atoms with Crippen LogP contribution in [-0.2, 0) is 4.79 Å². The Labute approximate surface area is 122 Å². The molecule has 0 saturated carbocycles. The normalized spacial score (nSPS) is 9.38. The van der Waals surface area contributed by atoms with Crippen molar-refractivity contribution in [3.63, 3.8) is 0 Å². The molecule has 0 saturated heterocycles. The van der Waals surface area contributed by atoms with Crippen LogP contribution in [0.2, 0.25) is 0 Å². The van der Waals surface area contributed by atoms with Crippen molar-refractivity contribution < 1.29 is 19.1 Å². The first-order valence-corrected chi connectivity index (χ1v) is 6.25. The van der Waals surface area contributed by atoms with Crippen molar-refractivity contribution in [2.45, 2.75) is 6.42 Å². The largest absolute Gasteiger partial charge is 0.497 e. The van der Waals surface area contributed by atoms with Gasteiger partial charge in [0.2, 0.25) is 5.91 Å². The molecule has 21 heavy (non-hydrogen) atoms. The molecule has 1 aromatic carbocycles. The number of benzene rings is 1. The van der Waals surface area contributed by atoms with E-state index in [0.717, 1.165) is 0 Å². The minimum absolute atomic E-state index is 0.193. The second kappa shape index (κ2) is 8.43. The number of carbonyl (C=O) groups excluding carboxylic acids is 2. The first kappa shape index (κ1) is 16.3. The molecule has 0 aliphatic rings. The highest BCUT2D eigenvalue weighted by Crippen LogP contribution is 2.22. The summed E-state index contributed by atoms with van der Waals surface area (Å²) in [5.41, 5.74) is 0.398. The van der Waals surface area contributed by atoms with E-state index in [4.69, 9.17) is 14.7 Å². The molecule has 1 rings (SSSR count). The number of methoxy groups -OCH3 is 2. The van der Waals surface area contributed by atoms with Crippen LogP contribution in [0.5, 0.6) is 11.5 Å². The SMILES string of the molecule is COc1cc(OC)cc(C(=O)NCCNC(=O)CC#N)c1. The highest BCUT2D eigenvalue weighted by atomic mass is 16.5. The first-order chi connectivity index (χ1) is 10.1. The lowest BCUT2D eigenvalue weighted by molar-refractivity contribution is -0.120. The number of ether oxygens (including phenoxy) is 2. The Morgan fingerprint density at radius 3 is 2.19 bits per heavy atom. The first-order valence-electron chi connectivity index (χ1n) is 6.25. The molecule has 0 atom stereocenters. The zero-order valence-electron chi connectivity index (χ0n) is 11.9. The third kappa shape index (κ3) is 5.40. The second-order valence-corrected chi connectivity index (χ2v) is 4.04. The highest BCUT2D eigenvalue weighted by Gasteiger charge is 2.09. The molecule has 0 fully saturated rings. The van der Waals surface area contributed by atoms with Crippen LogP contribution in [0.15, 0.2) is 18.2 Å². The van der Waals surface area contributed by atoms with Crippen molar-refractivity contribution in [3.8, 4) is 17.6 Å². The van der Waals surface area contributed by atoms with Gasteiger partial charge in [-0.15, -0.1) is 0 Å². The zero-order valence-corrected chi connectivity index (χ0v) is 11.9. The summed E-state index contributed by atoms with van der Waals surface area (Å²) in [6, 6.07) is 6.59. The minimum Gasteiger partial charge on any atom is -0.497 e. The van der Waals surface area contributed by atoms with Crippen molar-refractivity contribution in [2.75, 3.05) is 27.3 Å². The lowest BCUT2D eigenvalue weighted by Crippen LogP contribution is -2.34. The summed E-state index contributed by atoms with van der Waals surface area (Å²) < 4.78 is 10.2. The third-order valence-electron chi connectivity index (χ3n) is 2.59. The maximum absolute atomic E-state index is 12.0. The van der Waals surface area contributed by atoms with Gasteiger partial charge in [0.25, 0.3) is 5.91 Å². The summed E-state index contributed by atoms with van der Waals surface area (Å²) in [5.74, 6) is 0.361. The van der Waals surface area contributed by atoms with E-state index in [1.165, 1.54) is 14.2 Å². The summed E-state index contributed by atoms with van der Waals surface area (Å²) in [6.07, 6.45) is -0.193. The van der Waals surface area contributed by atoms with Crippen molar-refractivity contribution in [3.05, 3.63) is 23.8 Å². The number of hydrogen-bond donors (Lipinski definition) is 2. The molecule has 0 heterocycles. The highest BCUT2D eigenvalue weighted by molar-refractivity contribution is 5.95. The van der Waals surface area contributed by atoms with Crippen molar-refractivity contribution in [1.29, 1.82) is 5.26 Å². The van der Waals surface area contributed by atoms with E-state index < -0.39 is 0 Å². The van der Waals surface area contributed by atoms with Gasteiger partial charge in [-0.05, 0) is 12.1 Å². The summed E-state index contributed by atoms with van der Waals surface area (Å²) in [7, 11) is 3.00. The van der Waals surface area contributed by atoms with E-state index in [2.05, 4.69) is 10.6 Å². The van der Waals surface area contributed by atoms with Crippen LogP contribution < -0.4 is 20.1 Å². The summed E-state index contributed by atoms with van der Waals surface area (Å²) in [6.45, 7) is 0.517. The average Bonchev–Trinajstić information content (AvgIpc) is 2.51. The van der Waals surface area contributed by atoms with E-state index in [-0.39, 0.29) is 31.3 Å². The van der Waals surface area contributed by atoms with Gasteiger partial charge in [0.1, 0.15) is 17.9 Å².